The van der Waals surface area contributed by atoms with Crippen molar-refractivity contribution in [3.05, 3.63) is 47.1 Å². The molecule has 4 nitrogen and oxygen atoms in total. The lowest BCUT2D eigenvalue weighted by Crippen LogP contribution is -2.63. The monoisotopic (exact) mass is 304 g/mol. The summed E-state index contributed by atoms with van der Waals surface area (Å²) in [4.78, 5) is 14.7. The van der Waals surface area contributed by atoms with Crippen molar-refractivity contribution in [3.8, 4) is 0 Å². The number of carbonyl (C=O) groups excluding carboxylic acids is 1. The molecular weight excluding hydrogens is 288 g/mol. The fraction of sp³-hybridized carbons (Fsp3) is 0.438. The summed E-state index contributed by atoms with van der Waals surface area (Å²) in [6.07, 6.45) is 7.04. The lowest BCUT2D eigenvalue weighted by molar-refractivity contribution is -0.113. The quantitative estimate of drug-likeness (QED) is 0.849. The van der Waals surface area contributed by atoms with Crippen molar-refractivity contribution in [3.63, 3.8) is 0 Å². The number of likely N-dealkylation sites (tertiary alicyclic amines) is 1. The molecule has 5 heteroatoms. The second-order valence-corrected chi connectivity index (χ2v) is 6.66. The third-order valence-electron chi connectivity index (χ3n) is 4.99. The van der Waals surface area contributed by atoms with Gasteiger partial charge in [-0.1, -0.05) is 18.0 Å². The van der Waals surface area contributed by atoms with Gasteiger partial charge in [-0.3, -0.25) is 4.79 Å². The minimum absolute atomic E-state index is 0.0309. The van der Waals surface area contributed by atoms with Gasteiger partial charge in [0, 0.05) is 25.2 Å². The van der Waals surface area contributed by atoms with E-state index >= 15 is 0 Å². The summed E-state index contributed by atoms with van der Waals surface area (Å²) in [7, 11) is 1.85. The number of hydrogen-bond acceptors (Lipinski definition) is 2. The molecule has 110 valence electrons. The fourth-order valence-electron chi connectivity index (χ4n) is 3.77. The standard InChI is InChI=1S/C16H17ClN2O2/c1-18-9-11(17)8-12(18)15(20)19-10-16(5-3-6-16)14(19)13-4-2-7-21-13/h2,4,7-9,14H,3,5-6,10H2,1H3. The smallest absolute Gasteiger partial charge is 0.271 e. The molecule has 1 saturated carbocycles. The Labute approximate surface area is 128 Å². The molecule has 0 aromatic carbocycles. The fourth-order valence-corrected chi connectivity index (χ4v) is 4.02. The maximum absolute atomic E-state index is 12.8. The highest BCUT2D eigenvalue weighted by Crippen LogP contribution is 2.60. The summed E-state index contributed by atoms with van der Waals surface area (Å²) in [5.74, 6) is 0.929. The zero-order chi connectivity index (χ0) is 14.6. The number of carbonyl (C=O) groups is 1. The Hall–Kier alpha value is -1.68. The lowest BCUT2D eigenvalue weighted by Gasteiger charge is -2.61. The molecular formula is C16H17ClN2O2. The van der Waals surface area contributed by atoms with Crippen molar-refractivity contribution in [2.24, 2.45) is 12.5 Å². The molecule has 1 spiro atoms. The van der Waals surface area contributed by atoms with Gasteiger partial charge in [0.1, 0.15) is 11.5 Å². The highest BCUT2D eigenvalue weighted by molar-refractivity contribution is 6.31. The van der Waals surface area contributed by atoms with Crippen LogP contribution in [0.5, 0.6) is 0 Å². The second kappa shape index (κ2) is 4.41. The van der Waals surface area contributed by atoms with Gasteiger partial charge in [-0.2, -0.15) is 0 Å². The van der Waals surface area contributed by atoms with Crippen LogP contribution in [0.2, 0.25) is 5.02 Å². The molecule has 4 rings (SSSR count). The predicted molar refractivity (Wildman–Crippen MR) is 79.2 cm³/mol. The molecule has 2 aromatic rings. The first-order chi connectivity index (χ1) is 10.1. The van der Waals surface area contributed by atoms with Crippen molar-refractivity contribution in [2.75, 3.05) is 6.54 Å². The Balaban J connectivity index is 1.66. The summed E-state index contributed by atoms with van der Waals surface area (Å²) in [6, 6.07) is 5.67. The van der Waals surface area contributed by atoms with Gasteiger partial charge in [0.05, 0.1) is 17.3 Å². The molecule has 0 bridgehead atoms. The molecule has 2 aliphatic rings. The molecule has 0 N–H and O–H groups in total. The average molecular weight is 305 g/mol. The van der Waals surface area contributed by atoms with Gasteiger partial charge in [0.2, 0.25) is 0 Å². The topological polar surface area (TPSA) is 38.4 Å². The molecule has 1 atom stereocenters. The molecule has 1 aliphatic heterocycles. The van der Waals surface area contributed by atoms with Crippen molar-refractivity contribution in [1.29, 1.82) is 0 Å². The molecule has 1 amide bonds. The summed E-state index contributed by atoms with van der Waals surface area (Å²) in [5, 5.41) is 0.592. The zero-order valence-corrected chi connectivity index (χ0v) is 12.6. The van der Waals surface area contributed by atoms with E-state index in [0.29, 0.717) is 10.7 Å². The first-order valence-electron chi connectivity index (χ1n) is 7.27. The number of aromatic nitrogens is 1. The lowest BCUT2D eigenvalue weighted by atomic mass is 9.57. The molecule has 1 aliphatic carbocycles. The Kier molecular flexibility index (Phi) is 2.73. The first-order valence-corrected chi connectivity index (χ1v) is 7.65. The molecule has 1 saturated heterocycles. The van der Waals surface area contributed by atoms with Gasteiger partial charge in [0.25, 0.3) is 5.91 Å². The van der Waals surface area contributed by atoms with E-state index in [1.165, 1.54) is 19.3 Å². The zero-order valence-electron chi connectivity index (χ0n) is 11.9. The second-order valence-electron chi connectivity index (χ2n) is 6.22. The number of furan rings is 1. The number of hydrogen-bond donors (Lipinski definition) is 0. The van der Waals surface area contributed by atoms with Gasteiger partial charge in [-0.25, -0.2) is 0 Å². The van der Waals surface area contributed by atoms with Gasteiger partial charge in [0.15, 0.2) is 0 Å². The van der Waals surface area contributed by atoms with Crippen LogP contribution in [-0.4, -0.2) is 21.9 Å². The van der Waals surface area contributed by atoms with Crippen LogP contribution in [0.1, 0.15) is 41.6 Å². The van der Waals surface area contributed by atoms with Crippen LogP contribution in [-0.2, 0) is 7.05 Å². The Bertz CT molecular complexity index is 685. The van der Waals surface area contributed by atoms with Gasteiger partial charge in [-0.05, 0) is 31.0 Å². The van der Waals surface area contributed by atoms with Crippen molar-refractivity contribution in [1.82, 2.24) is 9.47 Å². The molecule has 0 radical (unpaired) electrons. The van der Waals surface area contributed by atoms with Crippen molar-refractivity contribution in [2.45, 2.75) is 25.3 Å². The highest BCUT2D eigenvalue weighted by atomic mass is 35.5. The van der Waals surface area contributed by atoms with Gasteiger partial charge < -0.3 is 13.9 Å². The third kappa shape index (κ3) is 1.78. The third-order valence-corrected chi connectivity index (χ3v) is 5.20. The highest BCUT2D eigenvalue weighted by Gasteiger charge is 2.59. The van der Waals surface area contributed by atoms with Gasteiger partial charge in [-0.15, -0.1) is 0 Å². The largest absolute Gasteiger partial charge is 0.467 e. The SMILES string of the molecule is Cn1cc(Cl)cc1C(=O)N1CC2(CCC2)C1c1ccco1. The number of aryl methyl sites for hydroxylation is 1. The van der Waals surface area contributed by atoms with Crippen LogP contribution in [0.25, 0.3) is 0 Å². The van der Waals surface area contributed by atoms with Gasteiger partial charge >= 0.3 is 0 Å². The molecule has 1 unspecified atom stereocenters. The van der Waals surface area contributed by atoms with Crippen LogP contribution in [0, 0.1) is 5.41 Å². The maximum Gasteiger partial charge on any atom is 0.271 e. The van der Waals surface area contributed by atoms with Crippen molar-refractivity contribution >= 4 is 17.5 Å². The van der Waals surface area contributed by atoms with Crippen LogP contribution in [0.15, 0.2) is 35.1 Å². The average Bonchev–Trinajstić information content (AvgIpc) is 2.96. The van der Waals surface area contributed by atoms with Crippen LogP contribution < -0.4 is 0 Å². The predicted octanol–water partition coefficient (Wildman–Crippen LogP) is 3.64. The summed E-state index contributed by atoms with van der Waals surface area (Å²) >= 11 is 6.00. The molecule has 21 heavy (non-hydrogen) atoms. The van der Waals surface area contributed by atoms with E-state index in [-0.39, 0.29) is 17.4 Å². The Morgan fingerprint density at radius 1 is 1.48 bits per heavy atom. The van der Waals surface area contributed by atoms with E-state index in [1.807, 2.05) is 24.1 Å². The van der Waals surface area contributed by atoms with E-state index in [1.54, 1.807) is 23.1 Å². The van der Waals surface area contributed by atoms with E-state index in [2.05, 4.69) is 0 Å². The summed E-state index contributed by atoms with van der Waals surface area (Å²) in [5.41, 5.74) is 0.869. The minimum atomic E-state index is 0.0309. The Morgan fingerprint density at radius 2 is 2.29 bits per heavy atom. The van der Waals surface area contributed by atoms with Crippen LogP contribution in [0.3, 0.4) is 0 Å². The molecule has 2 aromatic heterocycles. The van der Waals surface area contributed by atoms with Crippen molar-refractivity contribution < 1.29 is 9.21 Å². The molecule has 2 fully saturated rings. The number of rotatable bonds is 2. The summed E-state index contributed by atoms with van der Waals surface area (Å²) in [6.45, 7) is 0.819. The number of halogens is 1. The number of amides is 1. The number of nitrogens with zero attached hydrogens (tertiary/aromatic N) is 2. The molecule has 3 heterocycles. The van der Waals surface area contributed by atoms with E-state index in [9.17, 15) is 4.79 Å². The minimum Gasteiger partial charge on any atom is -0.467 e. The Morgan fingerprint density at radius 3 is 2.81 bits per heavy atom. The van der Waals surface area contributed by atoms with E-state index < -0.39 is 0 Å². The van der Waals surface area contributed by atoms with Crippen LogP contribution >= 0.6 is 11.6 Å². The van der Waals surface area contributed by atoms with E-state index in [4.69, 9.17) is 16.0 Å². The first kappa shape index (κ1) is 13.0. The maximum atomic E-state index is 12.8. The van der Waals surface area contributed by atoms with Crippen LogP contribution in [0.4, 0.5) is 0 Å². The summed E-state index contributed by atoms with van der Waals surface area (Å²) < 4.78 is 7.38. The normalized spacial score (nSPS) is 23.0. The van der Waals surface area contributed by atoms with E-state index in [0.717, 1.165) is 12.3 Å².